The van der Waals surface area contributed by atoms with Gasteiger partial charge in [0.25, 0.3) is 0 Å². The minimum Gasteiger partial charge on any atom is -0.390 e. The second kappa shape index (κ2) is 12.9. The number of hydrogen-bond acceptors (Lipinski definition) is 9. The molecule has 9 heteroatoms. The maximum atomic E-state index is 3.94. The van der Waals surface area contributed by atoms with Crippen LogP contribution >= 0.6 is 11.8 Å². The highest BCUT2D eigenvalue weighted by atomic mass is 32.2. The Bertz CT molecular complexity index is 707. The Morgan fingerprint density at radius 2 is 0.966 bits per heavy atom. The van der Waals surface area contributed by atoms with Crippen LogP contribution in [0.4, 0.5) is 0 Å². The maximum absolute atomic E-state index is 3.94. The fourth-order valence-electron chi connectivity index (χ4n) is 1.94. The predicted molar refractivity (Wildman–Crippen MR) is 127 cm³/mol. The molecule has 0 radical (unpaired) electrons. The summed E-state index contributed by atoms with van der Waals surface area (Å²) in [6.45, 7) is 32.7. The minimum absolute atomic E-state index is 0.0364. The van der Waals surface area contributed by atoms with Gasteiger partial charge in [0.2, 0.25) is 0 Å². The molecule has 8 nitrogen and oxygen atoms in total. The van der Waals surface area contributed by atoms with Crippen LogP contribution in [0.2, 0.25) is 0 Å². The lowest BCUT2D eigenvalue weighted by atomic mass is 10.4. The van der Waals surface area contributed by atoms with Crippen LogP contribution in [0.25, 0.3) is 0 Å². The molecule has 0 heterocycles. The average molecular weight is 419 g/mol. The molecule has 0 aliphatic rings. The van der Waals surface area contributed by atoms with E-state index in [1.165, 1.54) is 0 Å². The van der Waals surface area contributed by atoms with Crippen molar-refractivity contribution >= 4 is 11.8 Å². The van der Waals surface area contributed by atoms with Crippen molar-refractivity contribution in [2.24, 2.45) is 0 Å². The molecule has 0 saturated carbocycles. The molecule has 0 aromatic heterocycles. The van der Waals surface area contributed by atoms with E-state index >= 15 is 0 Å². The summed E-state index contributed by atoms with van der Waals surface area (Å²) in [6.07, 6.45) is 1.97. The van der Waals surface area contributed by atoms with Crippen LogP contribution in [0.15, 0.2) is 99.0 Å². The van der Waals surface area contributed by atoms with Crippen molar-refractivity contribution in [3.05, 3.63) is 99.0 Å². The highest BCUT2D eigenvalue weighted by Gasteiger charge is 2.10. The summed E-state index contributed by atoms with van der Waals surface area (Å²) < 4.78 is 0. The number of allylic oxidation sites excluding steroid dienone is 1. The number of thioether (sulfide) groups is 1. The van der Waals surface area contributed by atoms with E-state index in [0.29, 0.717) is 34.9 Å². The number of hydrogen-bond donors (Lipinski definition) is 8. The van der Waals surface area contributed by atoms with Crippen LogP contribution in [0.1, 0.15) is 6.92 Å². The second-order valence-corrected chi connectivity index (χ2v) is 6.88. The Kier molecular flexibility index (Phi) is 11.5. The third kappa shape index (κ3) is 11.9. The summed E-state index contributed by atoms with van der Waals surface area (Å²) in [5.41, 5.74) is 1.59. The molecule has 0 aliphatic heterocycles. The van der Waals surface area contributed by atoms with Gasteiger partial charge in [-0.2, -0.15) is 0 Å². The molecule has 0 aromatic rings. The molecular weight excluding hydrogens is 384 g/mol. The molecule has 1 atom stereocenters. The molecule has 1 unspecified atom stereocenters. The molecule has 8 N–H and O–H groups in total. The zero-order chi connectivity index (χ0) is 22.6. The molecule has 0 aromatic carbocycles. The van der Waals surface area contributed by atoms with E-state index in [1.54, 1.807) is 11.8 Å². The summed E-state index contributed by atoms with van der Waals surface area (Å²) in [6, 6.07) is 0. The molecule has 29 heavy (non-hydrogen) atoms. The molecule has 160 valence electrons. The van der Waals surface area contributed by atoms with E-state index in [9.17, 15) is 0 Å². The van der Waals surface area contributed by atoms with E-state index in [4.69, 9.17) is 0 Å². The van der Waals surface area contributed by atoms with Gasteiger partial charge in [-0.05, 0) is 13.2 Å². The van der Waals surface area contributed by atoms with E-state index in [0.717, 1.165) is 11.4 Å². The topological polar surface area (TPSA) is 96.2 Å². The van der Waals surface area contributed by atoms with Crippen LogP contribution < -0.4 is 42.5 Å². The van der Waals surface area contributed by atoms with Crippen molar-refractivity contribution in [3.63, 3.8) is 0 Å². The molecule has 0 bridgehead atoms. The van der Waals surface area contributed by atoms with Crippen LogP contribution in [-0.2, 0) is 0 Å². The van der Waals surface area contributed by atoms with Crippen LogP contribution in [0.5, 0.6) is 0 Å². The largest absolute Gasteiger partial charge is 0.390 e. The Balaban J connectivity index is 4.36. The molecule has 0 fully saturated rings. The third-order valence-corrected chi connectivity index (χ3v) is 3.93. The van der Waals surface area contributed by atoms with Crippen LogP contribution in [0, 0.1) is 0 Å². The SMILES string of the molecule is C=C(C)NC(=C)NC(=C)NC(=C)NC(=C)NC(=C)NC(=C)NC(SC)C(=C)NC. The maximum Gasteiger partial charge on any atom is 0.113 e. The van der Waals surface area contributed by atoms with Crippen molar-refractivity contribution < 1.29 is 0 Å². The number of nitrogens with one attached hydrogen (secondary N) is 8. The molecule has 0 amide bonds. The van der Waals surface area contributed by atoms with Crippen LogP contribution in [-0.4, -0.2) is 18.7 Å². The van der Waals surface area contributed by atoms with Crippen molar-refractivity contribution in [3.8, 4) is 0 Å². The monoisotopic (exact) mass is 418 g/mol. The standard InChI is InChI=1S/C20H34N8S/c1-12(2)22-14(4)23-15(5)24-16(6)25-17(7)26-18(8)27-19(9)28-20(29-11)13(3)21-10/h20-28H,1,3-9H2,2,10-11H3. The zero-order valence-electron chi connectivity index (χ0n) is 17.6. The van der Waals surface area contributed by atoms with Crippen molar-refractivity contribution in [2.45, 2.75) is 12.3 Å². The van der Waals surface area contributed by atoms with E-state index in [1.807, 2.05) is 20.2 Å². The van der Waals surface area contributed by atoms with Crippen molar-refractivity contribution in [2.75, 3.05) is 13.3 Å². The lowest BCUT2D eigenvalue weighted by Crippen LogP contribution is -2.39. The van der Waals surface area contributed by atoms with Gasteiger partial charge in [0.05, 0.1) is 5.82 Å². The number of likely N-dealkylation sites (N-methyl/N-ethyl adjacent to an activating group) is 1. The normalized spacial score (nSPS) is 10.3. The summed E-state index contributed by atoms with van der Waals surface area (Å²) in [4.78, 5) is 0. The summed E-state index contributed by atoms with van der Waals surface area (Å²) in [5, 5.41) is 23.9. The number of rotatable bonds is 17. The molecule has 0 aliphatic carbocycles. The lowest BCUT2D eigenvalue weighted by Gasteiger charge is -2.23. The summed E-state index contributed by atoms with van der Waals surface area (Å²) >= 11 is 1.59. The first-order valence-electron chi connectivity index (χ1n) is 8.55. The quantitative estimate of drug-likeness (QED) is 0.169. The molecule has 0 spiro atoms. The Hall–Kier alpha value is -3.33. The third-order valence-electron chi connectivity index (χ3n) is 3.05. The van der Waals surface area contributed by atoms with Crippen molar-refractivity contribution in [1.82, 2.24) is 42.5 Å². The molecule has 0 saturated heterocycles. The smallest absolute Gasteiger partial charge is 0.113 e. The highest BCUT2D eigenvalue weighted by molar-refractivity contribution is 7.99. The van der Waals surface area contributed by atoms with Gasteiger partial charge in [-0.1, -0.05) is 52.6 Å². The Labute approximate surface area is 179 Å². The highest BCUT2D eigenvalue weighted by Crippen LogP contribution is 2.10. The first-order valence-corrected chi connectivity index (χ1v) is 9.84. The zero-order valence-corrected chi connectivity index (χ0v) is 18.5. The van der Waals surface area contributed by atoms with Gasteiger partial charge in [-0.15, -0.1) is 11.8 Å². The van der Waals surface area contributed by atoms with Gasteiger partial charge in [-0.3, -0.25) is 0 Å². The lowest BCUT2D eigenvalue weighted by molar-refractivity contribution is 0.680. The van der Waals surface area contributed by atoms with Gasteiger partial charge < -0.3 is 42.5 Å². The first-order chi connectivity index (χ1) is 13.5. The second-order valence-electron chi connectivity index (χ2n) is 5.94. The fourth-order valence-corrected chi connectivity index (χ4v) is 2.60. The Morgan fingerprint density at radius 3 is 1.28 bits per heavy atom. The van der Waals surface area contributed by atoms with E-state index in [2.05, 4.69) is 95.2 Å². The summed E-state index contributed by atoms with van der Waals surface area (Å²) in [7, 11) is 1.82. The van der Waals surface area contributed by atoms with Crippen molar-refractivity contribution in [1.29, 1.82) is 0 Å². The van der Waals surface area contributed by atoms with E-state index < -0.39 is 0 Å². The van der Waals surface area contributed by atoms with Gasteiger partial charge in [-0.25, -0.2) is 0 Å². The summed E-state index contributed by atoms with van der Waals surface area (Å²) in [5.74, 6) is 2.92. The average Bonchev–Trinajstić information content (AvgIpc) is 2.57. The predicted octanol–water partition coefficient (Wildman–Crippen LogP) is 1.90. The molecule has 0 rings (SSSR count). The first kappa shape index (κ1) is 25.7. The minimum atomic E-state index is -0.0364. The fraction of sp³-hybridized carbons (Fsp3) is 0.200. The Morgan fingerprint density at radius 1 is 0.621 bits per heavy atom. The molecular formula is C20H34N8S. The van der Waals surface area contributed by atoms with Gasteiger partial charge in [0.1, 0.15) is 34.5 Å². The van der Waals surface area contributed by atoms with Crippen LogP contribution in [0.3, 0.4) is 0 Å². The van der Waals surface area contributed by atoms with E-state index in [-0.39, 0.29) is 5.37 Å². The van der Waals surface area contributed by atoms with Gasteiger partial charge >= 0.3 is 0 Å². The van der Waals surface area contributed by atoms with Gasteiger partial charge in [0, 0.05) is 18.4 Å². The van der Waals surface area contributed by atoms with Gasteiger partial charge in [0.15, 0.2) is 0 Å².